The van der Waals surface area contributed by atoms with Crippen molar-refractivity contribution in [1.82, 2.24) is 5.32 Å². The van der Waals surface area contributed by atoms with Crippen LogP contribution in [0.15, 0.2) is 18.2 Å². The van der Waals surface area contributed by atoms with Crippen molar-refractivity contribution in [2.45, 2.75) is 33.1 Å². The zero-order chi connectivity index (χ0) is 13.5. The summed E-state index contributed by atoms with van der Waals surface area (Å²) in [5, 5.41) is 13.2. The number of nitrogens with one attached hydrogen (secondary N) is 3. The predicted octanol–water partition coefficient (Wildman–Crippen LogP) is 2.52. The Morgan fingerprint density at radius 1 is 1.44 bits per heavy atom. The van der Waals surface area contributed by atoms with Crippen LogP contribution in [0.4, 0.5) is 5.69 Å². The second kappa shape index (κ2) is 6.96. The number of guanidine groups is 1. The van der Waals surface area contributed by atoms with Crippen molar-refractivity contribution in [3.8, 4) is 0 Å². The summed E-state index contributed by atoms with van der Waals surface area (Å²) in [6.07, 6.45) is 3.32. The maximum Gasteiger partial charge on any atom is 0.192 e. The molecule has 0 aliphatic carbocycles. The molecule has 5 heteroatoms. The van der Waals surface area contributed by atoms with E-state index in [4.69, 9.17) is 23.4 Å². The monoisotopic (exact) mass is 264 g/mol. The number of anilines is 1. The lowest BCUT2D eigenvalue weighted by atomic mass is 10.0. The Morgan fingerprint density at radius 3 is 2.78 bits per heavy atom. The van der Waals surface area contributed by atoms with Crippen LogP contribution < -0.4 is 16.4 Å². The first-order valence-corrected chi connectivity index (χ1v) is 6.46. The van der Waals surface area contributed by atoms with Gasteiger partial charge in [0.1, 0.15) is 0 Å². The minimum atomic E-state index is -0.156. The van der Waals surface area contributed by atoms with E-state index in [1.165, 1.54) is 5.56 Å². The van der Waals surface area contributed by atoms with Crippen LogP contribution in [0, 0.1) is 12.3 Å². The van der Waals surface area contributed by atoms with Gasteiger partial charge in [0.2, 0.25) is 0 Å². The summed E-state index contributed by atoms with van der Waals surface area (Å²) in [4.78, 5) is 0. The molecule has 0 spiro atoms. The molecule has 1 rings (SSSR count). The predicted molar refractivity (Wildman–Crippen MR) is 81.1 cm³/mol. The van der Waals surface area contributed by atoms with E-state index in [0.29, 0.717) is 5.11 Å². The van der Waals surface area contributed by atoms with Crippen molar-refractivity contribution in [2.75, 3.05) is 5.32 Å². The Kier molecular flexibility index (Phi) is 5.58. The van der Waals surface area contributed by atoms with Crippen molar-refractivity contribution < 1.29 is 0 Å². The Bertz CT molecular complexity index is 443. The first kappa shape index (κ1) is 14.4. The van der Waals surface area contributed by atoms with Gasteiger partial charge in [-0.2, -0.15) is 0 Å². The van der Waals surface area contributed by atoms with Crippen molar-refractivity contribution in [3.05, 3.63) is 29.3 Å². The molecular formula is C13H20N4S. The van der Waals surface area contributed by atoms with E-state index in [9.17, 15) is 0 Å². The van der Waals surface area contributed by atoms with Gasteiger partial charge in [-0.3, -0.25) is 5.41 Å². The molecule has 0 aromatic heterocycles. The van der Waals surface area contributed by atoms with E-state index in [-0.39, 0.29) is 5.96 Å². The highest BCUT2D eigenvalue weighted by molar-refractivity contribution is 7.80. The first-order chi connectivity index (χ1) is 8.54. The van der Waals surface area contributed by atoms with Gasteiger partial charge in [-0.05, 0) is 43.1 Å². The van der Waals surface area contributed by atoms with Crippen molar-refractivity contribution in [3.63, 3.8) is 0 Å². The van der Waals surface area contributed by atoms with E-state index in [0.717, 1.165) is 30.5 Å². The number of unbranched alkanes of at least 4 members (excludes halogenated alkanes) is 1. The fraction of sp³-hybridized carbons (Fsp3) is 0.385. The topological polar surface area (TPSA) is 73.9 Å². The third-order valence-corrected chi connectivity index (χ3v) is 2.85. The van der Waals surface area contributed by atoms with E-state index < -0.39 is 0 Å². The maximum atomic E-state index is 7.15. The van der Waals surface area contributed by atoms with Crippen LogP contribution >= 0.6 is 12.2 Å². The summed E-state index contributed by atoms with van der Waals surface area (Å²) in [5.41, 5.74) is 8.64. The third kappa shape index (κ3) is 4.33. The van der Waals surface area contributed by atoms with Crippen LogP contribution in [0.3, 0.4) is 0 Å². The molecule has 0 aliphatic rings. The summed E-state index contributed by atoms with van der Waals surface area (Å²) in [5.74, 6) is -0.156. The first-order valence-electron chi connectivity index (χ1n) is 6.05. The zero-order valence-electron chi connectivity index (χ0n) is 10.8. The van der Waals surface area contributed by atoms with E-state index in [1.807, 2.05) is 19.1 Å². The Labute approximate surface area is 113 Å². The molecule has 0 atom stereocenters. The molecule has 0 saturated carbocycles. The molecular weight excluding hydrogens is 244 g/mol. The maximum absolute atomic E-state index is 7.15. The van der Waals surface area contributed by atoms with Gasteiger partial charge in [0.15, 0.2) is 11.1 Å². The summed E-state index contributed by atoms with van der Waals surface area (Å²) in [7, 11) is 0. The summed E-state index contributed by atoms with van der Waals surface area (Å²) in [6.45, 7) is 4.21. The lowest BCUT2D eigenvalue weighted by molar-refractivity contribution is 0.796. The fourth-order valence-electron chi connectivity index (χ4n) is 1.75. The van der Waals surface area contributed by atoms with Crippen molar-refractivity contribution in [1.29, 1.82) is 5.41 Å². The highest BCUT2D eigenvalue weighted by Gasteiger charge is 2.07. The number of benzene rings is 1. The molecule has 0 saturated heterocycles. The number of thiocarbonyl (C=S) groups is 1. The van der Waals surface area contributed by atoms with Crippen LogP contribution in [0.1, 0.15) is 30.9 Å². The highest BCUT2D eigenvalue weighted by Crippen LogP contribution is 2.22. The molecule has 98 valence electrons. The molecule has 0 fully saturated rings. The molecule has 0 unspecified atom stereocenters. The van der Waals surface area contributed by atoms with Crippen LogP contribution in [-0.2, 0) is 6.42 Å². The smallest absolute Gasteiger partial charge is 0.192 e. The van der Waals surface area contributed by atoms with Gasteiger partial charge >= 0.3 is 0 Å². The largest absolute Gasteiger partial charge is 0.370 e. The zero-order valence-corrected chi connectivity index (χ0v) is 11.7. The second-order valence-corrected chi connectivity index (χ2v) is 4.61. The van der Waals surface area contributed by atoms with Crippen molar-refractivity contribution in [2.24, 2.45) is 5.73 Å². The number of rotatable bonds is 4. The number of hydrogen-bond donors (Lipinski definition) is 4. The number of hydrogen-bond acceptors (Lipinski definition) is 2. The van der Waals surface area contributed by atoms with Crippen molar-refractivity contribution >= 4 is 29.0 Å². The van der Waals surface area contributed by atoms with Gasteiger partial charge in [0.25, 0.3) is 0 Å². The third-order valence-electron chi connectivity index (χ3n) is 2.65. The normalized spacial score (nSPS) is 9.89. The molecule has 0 bridgehead atoms. The molecule has 18 heavy (non-hydrogen) atoms. The average molecular weight is 264 g/mol. The molecule has 0 aliphatic heterocycles. The van der Waals surface area contributed by atoms with Crippen LogP contribution in [0.25, 0.3) is 0 Å². The van der Waals surface area contributed by atoms with Crippen LogP contribution in [0.5, 0.6) is 0 Å². The summed E-state index contributed by atoms with van der Waals surface area (Å²) >= 11 is 5.10. The lowest BCUT2D eigenvalue weighted by Gasteiger charge is -2.15. The van der Waals surface area contributed by atoms with Gasteiger partial charge in [-0.1, -0.05) is 31.5 Å². The van der Waals surface area contributed by atoms with E-state index >= 15 is 0 Å². The average Bonchev–Trinajstić information content (AvgIpc) is 2.29. The van der Waals surface area contributed by atoms with Gasteiger partial charge in [-0.25, -0.2) is 0 Å². The number of para-hydroxylation sites is 1. The number of nitrogens with two attached hydrogens (primary N) is 1. The Balaban J connectivity index is 2.85. The SMILES string of the molecule is CCCCc1cccc(C)c1NC(=S)NC(=N)N. The standard InChI is InChI=1S/C13H20N4S/c1-3-4-7-10-8-5-6-9(2)11(10)16-13(18)17-12(14)15/h5-6,8H,3-4,7H2,1-2H3,(H5,14,15,16,17,18). The van der Waals surface area contributed by atoms with Crippen LogP contribution in [-0.4, -0.2) is 11.1 Å². The molecule has 0 heterocycles. The van der Waals surface area contributed by atoms with Gasteiger partial charge < -0.3 is 16.4 Å². The van der Waals surface area contributed by atoms with E-state index in [1.54, 1.807) is 0 Å². The fourth-order valence-corrected chi connectivity index (χ4v) is 1.96. The summed E-state index contributed by atoms with van der Waals surface area (Å²) < 4.78 is 0. The molecule has 0 radical (unpaired) electrons. The van der Waals surface area contributed by atoms with E-state index in [2.05, 4.69) is 23.6 Å². The number of aryl methyl sites for hydroxylation is 2. The molecule has 0 amide bonds. The van der Waals surface area contributed by atoms with Crippen LogP contribution in [0.2, 0.25) is 0 Å². The lowest BCUT2D eigenvalue weighted by Crippen LogP contribution is -2.38. The van der Waals surface area contributed by atoms with Gasteiger partial charge in [-0.15, -0.1) is 0 Å². The molecule has 1 aromatic carbocycles. The van der Waals surface area contributed by atoms with Gasteiger partial charge in [0, 0.05) is 5.69 Å². The minimum absolute atomic E-state index is 0.156. The quantitative estimate of drug-likeness (QED) is 0.383. The minimum Gasteiger partial charge on any atom is -0.370 e. The highest BCUT2D eigenvalue weighted by atomic mass is 32.1. The summed E-state index contributed by atoms with van der Waals surface area (Å²) in [6, 6.07) is 6.18. The molecule has 1 aromatic rings. The molecule has 4 nitrogen and oxygen atoms in total. The second-order valence-electron chi connectivity index (χ2n) is 4.21. The van der Waals surface area contributed by atoms with Gasteiger partial charge in [0.05, 0.1) is 0 Å². The Morgan fingerprint density at radius 2 is 2.17 bits per heavy atom. The molecule has 5 N–H and O–H groups in total. The Hall–Kier alpha value is -1.62.